The minimum atomic E-state index is 0.288. The Morgan fingerprint density at radius 2 is 2.04 bits per heavy atom. The van der Waals surface area contributed by atoms with Crippen molar-refractivity contribution in [2.24, 2.45) is 11.8 Å². The quantitative estimate of drug-likeness (QED) is 0.825. The van der Waals surface area contributed by atoms with Crippen LogP contribution in [0.1, 0.15) is 17.4 Å². The second kappa shape index (κ2) is 8.41. The molecule has 4 nitrogen and oxygen atoms in total. The Morgan fingerprint density at radius 3 is 2.76 bits per heavy atom. The van der Waals surface area contributed by atoms with E-state index < -0.39 is 0 Å². The first-order valence-corrected chi connectivity index (χ1v) is 9.94. The molecule has 25 heavy (non-hydrogen) atoms. The molecule has 1 aliphatic heterocycles. The molecule has 1 aromatic carbocycles. The Labute approximate surface area is 155 Å². The van der Waals surface area contributed by atoms with Crippen molar-refractivity contribution in [3.8, 4) is 10.6 Å². The molecule has 1 saturated heterocycles. The first kappa shape index (κ1) is 18.5. The minimum Gasteiger partial charge on any atom is -0.396 e. The molecule has 0 radical (unpaired) electrons. The van der Waals surface area contributed by atoms with Crippen molar-refractivity contribution in [3.63, 3.8) is 0 Å². The van der Waals surface area contributed by atoms with E-state index in [1.165, 1.54) is 16.0 Å². The largest absolute Gasteiger partial charge is 0.396 e. The Kier molecular flexibility index (Phi) is 6.23. The Morgan fingerprint density at radius 1 is 1.28 bits per heavy atom. The summed E-state index contributed by atoms with van der Waals surface area (Å²) in [6, 6.07) is 8.42. The third kappa shape index (κ3) is 4.47. The lowest BCUT2D eigenvalue weighted by Crippen LogP contribution is -2.31. The first-order chi connectivity index (χ1) is 12.1. The number of aliphatic hydroxyl groups excluding tert-OH is 1. The summed E-state index contributed by atoms with van der Waals surface area (Å²) >= 11 is 1.79. The van der Waals surface area contributed by atoms with E-state index in [1.54, 1.807) is 11.3 Å². The van der Waals surface area contributed by atoms with Gasteiger partial charge in [0.1, 0.15) is 5.01 Å². The topological polar surface area (TPSA) is 39.6 Å². The van der Waals surface area contributed by atoms with E-state index >= 15 is 0 Å². The van der Waals surface area contributed by atoms with Crippen LogP contribution in [0.25, 0.3) is 10.6 Å². The molecule has 5 heteroatoms. The molecule has 1 fully saturated rings. The van der Waals surface area contributed by atoms with Crippen molar-refractivity contribution >= 4 is 11.3 Å². The number of aliphatic hydroxyl groups is 1. The lowest BCUT2D eigenvalue weighted by molar-refractivity contribution is 0.177. The van der Waals surface area contributed by atoms with Gasteiger partial charge in [-0.1, -0.05) is 31.2 Å². The first-order valence-electron chi connectivity index (χ1n) is 9.13. The molecule has 136 valence electrons. The number of hydrogen-bond acceptors (Lipinski definition) is 5. The number of thiazole rings is 1. The van der Waals surface area contributed by atoms with Crippen molar-refractivity contribution in [3.05, 3.63) is 40.9 Å². The summed E-state index contributed by atoms with van der Waals surface area (Å²) < 4.78 is 0. The molecule has 1 aliphatic rings. The maximum Gasteiger partial charge on any atom is 0.123 e. The molecule has 1 N–H and O–H groups in total. The van der Waals surface area contributed by atoms with Gasteiger partial charge >= 0.3 is 0 Å². The monoisotopic (exact) mass is 359 g/mol. The van der Waals surface area contributed by atoms with Gasteiger partial charge in [-0.15, -0.1) is 11.3 Å². The second-order valence-corrected chi connectivity index (χ2v) is 8.31. The minimum absolute atomic E-state index is 0.288. The second-order valence-electron chi connectivity index (χ2n) is 7.20. The zero-order valence-electron chi connectivity index (χ0n) is 15.5. The molecule has 0 bridgehead atoms. The maximum absolute atomic E-state index is 9.73. The van der Waals surface area contributed by atoms with Gasteiger partial charge in [-0.25, -0.2) is 4.98 Å². The smallest absolute Gasteiger partial charge is 0.123 e. The van der Waals surface area contributed by atoms with Gasteiger partial charge in [0, 0.05) is 49.4 Å². The highest BCUT2D eigenvalue weighted by Gasteiger charge is 2.32. The highest BCUT2D eigenvalue weighted by molar-refractivity contribution is 7.15. The maximum atomic E-state index is 9.73. The molecular weight excluding hydrogens is 330 g/mol. The van der Waals surface area contributed by atoms with Crippen molar-refractivity contribution < 1.29 is 5.11 Å². The summed E-state index contributed by atoms with van der Waals surface area (Å²) in [4.78, 5) is 10.8. The SMILES string of the molecule is CCN(C)C[C@@H]1CN(Cc2cnc(-c3ccccc3C)s2)C[C@@H]1CO. The fourth-order valence-electron chi connectivity index (χ4n) is 3.65. The van der Waals surface area contributed by atoms with Gasteiger partial charge in [0.25, 0.3) is 0 Å². The molecule has 0 saturated carbocycles. The fraction of sp³-hybridized carbons (Fsp3) is 0.550. The van der Waals surface area contributed by atoms with Gasteiger partial charge in [-0.2, -0.15) is 0 Å². The van der Waals surface area contributed by atoms with Crippen molar-refractivity contribution in [1.82, 2.24) is 14.8 Å². The summed E-state index contributed by atoms with van der Waals surface area (Å²) in [6.45, 7) is 9.72. The van der Waals surface area contributed by atoms with E-state index in [9.17, 15) is 5.11 Å². The van der Waals surface area contributed by atoms with Crippen LogP contribution in [-0.2, 0) is 6.54 Å². The molecule has 0 amide bonds. The van der Waals surface area contributed by atoms with Gasteiger partial charge in [0.05, 0.1) is 0 Å². The van der Waals surface area contributed by atoms with Gasteiger partial charge < -0.3 is 10.0 Å². The molecular formula is C20H29N3OS. The van der Waals surface area contributed by atoms with Crippen LogP contribution in [-0.4, -0.2) is 59.7 Å². The Hall–Kier alpha value is -1.27. The molecule has 2 atom stereocenters. The van der Waals surface area contributed by atoms with Gasteiger partial charge in [-0.05, 0) is 37.9 Å². The number of aryl methyl sites for hydroxylation is 1. The highest BCUT2D eigenvalue weighted by Crippen LogP contribution is 2.30. The third-order valence-electron chi connectivity index (χ3n) is 5.28. The van der Waals surface area contributed by atoms with Crippen LogP contribution in [0.5, 0.6) is 0 Å². The average Bonchev–Trinajstić information content (AvgIpc) is 3.22. The molecule has 1 aromatic heterocycles. The zero-order valence-corrected chi connectivity index (χ0v) is 16.3. The van der Waals surface area contributed by atoms with Crippen LogP contribution >= 0.6 is 11.3 Å². The Balaban J connectivity index is 1.64. The van der Waals surface area contributed by atoms with E-state index in [0.717, 1.165) is 37.7 Å². The fourth-order valence-corrected chi connectivity index (χ4v) is 4.69. The van der Waals surface area contributed by atoms with Crippen LogP contribution in [0.3, 0.4) is 0 Å². The number of hydrogen-bond donors (Lipinski definition) is 1. The van der Waals surface area contributed by atoms with Gasteiger partial charge in [0.2, 0.25) is 0 Å². The number of likely N-dealkylation sites (tertiary alicyclic amines) is 1. The van der Waals surface area contributed by atoms with Crippen molar-refractivity contribution in [1.29, 1.82) is 0 Å². The van der Waals surface area contributed by atoms with Crippen LogP contribution in [0.2, 0.25) is 0 Å². The van der Waals surface area contributed by atoms with E-state index in [1.807, 2.05) is 6.20 Å². The summed E-state index contributed by atoms with van der Waals surface area (Å²) in [5.74, 6) is 0.941. The van der Waals surface area contributed by atoms with Crippen LogP contribution < -0.4 is 0 Å². The van der Waals surface area contributed by atoms with E-state index in [4.69, 9.17) is 0 Å². The molecule has 2 aromatic rings. The summed E-state index contributed by atoms with van der Waals surface area (Å²) in [5.41, 5.74) is 2.50. The van der Waals surface area contributed by atoms with E-state index in [-0.39, 0.29) is 6.61 Å². The predicted octanol–water partition coefficient (Wildman–Crippen LogP) is 3.11. The number of nitrogens with zero attached hydrogens (tertiary/aromatic N) is 3. The Bertz CT molecular complexity index is 687. The number of aromatic nitrogens is 1. The molecule has 2 heterocycles. The zero-order chi connectivity index (χ0) is 17.8. The van der Waals surface area contributed by atoms with Gasteiger partial charge in [0.15, 0.2) is 0 Å². The molecule has 0 unspecified atom stereocenters. The number of benzene rings is 1. The number of rotatable bonds is 7. The third-order valence-corrected chi connectivity index (χ3v) is 6.30. The standard InChI is InChI=1S/C20H29N3OS/c1-4-22(3)10-16-11-23(12-17(16)14-24)13-18-9-21-20(25-18)19-8-6-5-7-15(19)2/h5-9,16-17,24H,4,10-14H2,1-3H3/t16-,17-/m1/s1. The summed E-state index contributed by atoms with van der Waals surface area (Å²) in [6.07, 6.45) is 2.02. The normalized spacial score (nSPS) is 21.3. The van der Waals surface area contributed by atoms with Crippen LogP contribution in [0.4, 0.5) is 0 Å². The van der Waals surface area contributed by atoms with Crippen LogP contribution in [0, 0.1) is 18.8 Å². The highest BCUT2D eigenvalue weighted by atomic mass is 32.1. The lowest BCUT2D eigenvalue weighted by atomic mass is 9.96. The predicted molar refractivity (Wildman–Crippen MR) is 105 cm³/mol. The molecule has 3 rings (SSSR count). The van der Waals surface area contributed by atoms with Crippen molar-refractivity contribution in [2.75, 3.05) is 39.8 Å². The van der Waals surface area contributed by atoms with E-state index in [0.29, 0.717) is 11.8 Å². The van der Waals surface area contributed by atoms with Crippen molar-refractivity contribution in [2.45, 2.75) is 20.4 Å². The van der Waals surface area contributed by atoms with Crippen LogP contribution in [0.15, 0.2) is 30.5 Å². The molecule has 0 aliphatic carbocycles. The lowest BCUT2D eigenvalue weighted by Gasteiger charge is -2.22. The summed E-state index contributed by atoms with van der Waals surface area (Å²) in [7, 11) is 2.16. The van der Waals surface area contributed by atoms with Gasteiger partial charge in [-0.3, -0.25) is 4.90 Å². The molecule has 0 spiro atoms. The van der Waals surface area contributed by atoms with E-state index in [2.05, 4.69) is 59.9 Å². The summed E-state index contributed by atoms with van der Waals surface area (Å²) in [5, 5.41) is 10.8. The average molecular weight is 360 g/mol.